The molecule has 0 unspecified atom stereocenters. The zero-order valence-electron chi connectivity index (χ0n) is 28.5. The van der Waals surface area contributed by atoms with Crippen molar-refractivity contribution in [2.24, 2.45) is 5.92 Å². The Labute approximate surface area is 286 Å². The topological polar surface area (TPSA) is 170 Å². The van der Waals surface area contributed by atoms with E-state index in [1.54, 1.807) is 49.1 Å². The lowest BCUT2D eigenvalue weighted by Crippen LogP contribution is -2.57. The van der Waals surface area contributed by atoms with Crippen LogP contribution < -0.4 is 26.8 Å². The van der Waals surface area contributed by atoms with Crippen LogP contribution in [0.25, 0.3) is 0 Å². The van der Waals surface area contributed by atoms with Gasteiger partial charge in [0.05, 0.1) is 0 Å². The average molecular weight is 671 g/mol. The molecule has 3 aromatic rings. The fourth-order valence-corrected chi connectivity index (χ4v) is 5.59. The third-order valence-electron chi connectivity index (χ3n) is 8.31. The minimum Gasteiger partial charge on any atom is -0.354 e. The van der Waals surface area contributed by atoms with E-state index >= 15 is 0 Å². The molecule has 2 aliphatic heterocycles. The number of H-pyrrole nitrogens is 1. The molecule has 2 aliphatic rings. The number of hydrogen-bond donors (Lipinski definition) is 5. The van der Waals surface area contributed by atoms with Crippen molar-refractivity contribution in [2.75, 3.05) is 13.1 Å². The van der Waals surface area contributed by atoms with Crippen LogP contribution >= 0.6 is 0 Å². The van der Waals surface area contributed by atoms with Gasteiger partial charge in [0.2, 0.25) is 17.7 Å². The number of nitrogens with zero attached hydrogens (tertiary/aromatic N) is 1. The number of aromatic nitrogens is 1. The van der Waals surface area contributed by atoms with Crippen molar-refractivity contribution in [3.63, 3.8) is 0 Å². The van der Waals surface area contributed by atoms with Gasteiger partial charge in [-0.05, 0) is 74.4 Å². The van der Waals surface area contributed by atoms with Gasteiger partial charge in [-0.1, -0.05) is 56.3 Å². The molecule has 5 amide bonds. The highest BCUT2D eigenvalue weighted by Crippen LogP contribution is 2.14. The molecule has 3 atom stereocenters. The van der Waals surface area contributed by atoms with Crippen LogP contribution in [0.4, 0.5) is 0 Å². The molecule has 5 N–H and O–H groups in total. The van der Waals surface area contributed by atoms with Crippen LogP contribution in [0.15, 0.2) is 71.5 Å². The molecule has 3 heterocycles. The van der Waals surface area contributed by atoms with Crippen LogP contribution in [0.3, 0.4) is 0 Å². The van der Waals surface area contributed by atoms with Crippen LogP contribution in [0, 0.1) is 12.8 Å². The normalized spacial score (nSPS) is 20.1. The number of hydrogen-bond acceptors (Lipinski definition) is 6. The summed E-state index contributed by atoms with van der Waals surface area (Å²) >= 11 is 0. The summed E-state index contributed by atoms with van der Waals surface area (Å²) in [5, 5.41) is 11.2. The maximum absolute atomic E-state index is 13.7. The molecule has 0 spiro atoms. The number of carbonyl (C=O) groups excluding carboxylic acids is 5. The highest BCUT2D eigenvalue weighted by Gasteiger charge is 2.30. The monoisotopic (exact) mass is 670 g/mol. The molecule has 0 saturated carbocycles. The number of benzene rings is 2. The van der Waals surface area contributed by atoms with Gasteiger partial charge < -0.3 is 31.2 Å². The highest BCUT2D eigenvalue weighted by atomic mass is 16.2. The molecule has 2 bridgehead atoms. The van der Waals surface area contributed by atoms with E-state index in [-0.39, 0.29) is 30.4 Å². The molecule has 12 heteroatoms. The van der Waals surface area contributed by atoms with Gasteiger partial charge in [-0.15, -0.1) is 0 Å². The Hall–Kier alpha value is -5.26. The molecule has 5 rings (SSSR count). The van der Waals surface area contributed by atoms with Gasteiger partial charge in [0.25, 0.3) is 17.4 Å². The Balaban J connectivity index is 1.64. The second-order valence-electron chi connectivity index (χ2n) is 12.9. The minimum atomic E-state index is -1.01. The van der Waals surface area contributed by atoms with Crippen LogP contribution in [-0.4, -0.2) is 70.6 Å². The molecule has 0 aliphatic carbocycles. The number of pyridine rings is 1. The number of rotatable bonds is 5. The fraction of sp³-hybridized carbons (Fsp3) is 0.405. The molecule has 12 nitrogen and oxygen atoms in total. The summed E-state index contributed by atoms with van der Waals surface area (Å²) in [5.74, 6) is -2.29. The first-order chi connectivity index (χ1) is 23.4. The number of nitrogens with one attached hydrogen (secondary N) is 5. The van der Waals surface area contributed by atoms with Gasteiger partial charge >= 0.3 is 0 Å². The summed E-state index contributed by atoms with van der Waals surface area (Å²) in [4.78, 5) is 83.9. The summed E-state index contributed by atoms with van der Waals surface area (Å²) in [6.07, 6.45) is 1.57. The van der Waals surface area contributed by atoms with Crippen molar-refractivity contribution in [3.8, 4) is 0 Å². The van der Waals surface area contributed by atoms with Gasteiger partial charge in [-0.3, -0.25) is 28.8 Å². The zero-order valence-corrected chi connectivity index (χ0v) is 28.5. The molecule has 2 aromatic carbocycles. The van der Waals surface area contributed by atoms with E-state index in [2.05, 4.69) is 26.3 Å². The third-order valence-corrected chi connectivity index (χ3v) is 8.31. The SMILES string of the molecule is Cc1ccc(C(=O)N2CCCCNC(=O)[C@@H](C)NC(=O)[C@H](CC(C)C)NC(=O)[C@@H](Cc3ccccc3)NC(=O)c3ccc(cc3)C2)c(=O)[nH]1. The molecule has 0 saturated heterocycles. The highest BCUT2D eigenvalue weighted by molar-refractivity contribution is 5.99. The first-order valence-electron chi connectivity index (χ1n) is 16.7. The van der Waals surface area contributed by atoms with E-state index in [1.807, 2.05) is 44.2 Å². The second-order valence-corrected chi connectivity index (χ2v) is 12.9. The van der Waals surface area contributed by atoms with Crippen LogP contribution in [0.2, 0.25) is 0 Å². The summed E-state index contributed by atoms with van der Waals surface area (Å²) in [7, 11) is 0. The molecule has 0 radical (unpaired) electrons. The van der Waals surface area contributed by atoms with Crippen LogP contribution in [-0.2, 0) is 27.3 Å². The van der Waals surface area contributed by atoms with E-state index < -0.39 is 47.3 Å². The van der Waals surface area contributed by atoms with Crippen molar-refractivity contribution in [3.05, 3.63) is 105 Å². The van der Waals surface area contributed by atoms with Crippen molar-refractivity contribution in [1.29, 1.82) is 0 Å². The molecule has 49 heavy (non-hydrogen) atoms. The lowest BCUT2D eigenvalue weighted by Gasteiger charge is -2.25. The number of amides is 5. The molecular weight excluding hydrogens is 624 g/mol. The molecule has 1 aromatic heterocycles. The minimum absolute atomic E-state index is 0.0171. The van der Waals surface area contributed by atoms with Crippen molar-refractivity contribution in [1.82, 2.24) is 31.2 Å². The summed E-state index contributed by atoms with van der Waals surface area (Å²) in [6.45, 7) is 7.95. The first kappa shape index (κ1) is 36.6. The van der Waals surface area contributed by atoms with Crippen molar-refractivity contribution >= 4 is 29.5 Å². The van der Waals surface area contributed by atoms with E-state index in [9.17, 15) is 28.8 Å². The van der Waals surface area contributed by atoms with Crippen LogP contribution in [0.1, 0.15) is 77.6 Å². The fourth-order valence-electron chi connectivity index (χ4n) is 5.59. The maximum atomic E-state index is 13.7. The Kier molecular flexibility index (Phi) is 12.9. The number of aryl methyl sites for hydroxylation is 1. The number of fused-ring (bicyclic) bond motifs is 18. The van der Waals surface area contributed by atoms with Crippen molar-refractivity contribution < 1.29 is 24.0 Å². The van der Waals surface area contributed by atoms with E-state index in [0.29, 0.717) is 43.6 Å². The lowest BCUT2D eigenvalue weighted by molar-refractivity contribution is -0.132. The van der Waals surface area contributed by atoms with E-state index in [4.69, 9.17) is 0 Å². The van der Waals surface area contributed by atoms with Gasteiger partial charge in [0, 0.05) is 37.3 Å². The zero-order chi connectivity index (χ0) is 35.5. The number of aromatic amines is 1. The largest absolute Gasteiger partial charge is 0.354 e. The first-order valence-corrected chi connectivity index (χ1v) is 16.7. The maximum Gasteiger partial charge on any atom is 0.260 e. The van der Waals surface area contributed by atoms with E-state index in [0.717, 1.165) is 11.1 Å². The predicted octanol–water partition coefficient (Wildman–Crippen LogP) is 2.61. The molecular formula is C37H46N6O6. The van der Waals surface area contributed by atoms with Gasteiger partial charge in [-0.25, -0.2) is 0 Å². The quantitative estimate of drug-likeness (QED) is 0.262. The standard InChI is InChI=1S/C37H46N6O6/c1-23(2)20-30-35(47)40-25(4)32(44)38-18-8-9-19-43(37(49)29-17-12-24(3)39-34(29)46)22-27-13-15-28(16-14-27)33(45)41-31(36(48)42-30)21-26-10-6-5-7-11-26/h5-7,10-17,23,25,30-31H,8-9,18-22H2,1-4H3,(H,38,44)(H,39,46)(H,40,47)(H,41,45)(H,42,48)/t25-,30+,31-/m1/s1. The molecule has 260 valence electrons. The van der Waals surface area contributed by atoms with Gasteiger partial charge in [-0.2, -0.15) is 0 Å². The summed E-state index contributed by atoms with van der Waals surface area (Å²) < 4.78 is 0. The van der Waals surface area contributed by atoms with Crippen LogP contribution in [0.5, 0.6) is 0 Å². The number of carbonyl (C=O) groups is 5. The predicted molar refractivity (Wildman–Crippen MR) is 186 cm³/mol. The second kappa shape index (κ2) is 17.2. The lowest BCUT2D eigenvalue weighted by atomic mass is 10.0. The third kappa shape index (κ3) is 10.6. The summed E-state index contributed by atoms with van der Waals surface area (Å²) in [5.41, 5.74) is 2.04. The Morgan fingerprint density at radius 3 is 2.18 bits per heavy atom. The average Bonchev–Trinajstić information content (AvgIpc) is 3.06. The van der Waals surface area contributed by atoms with Gasteiger partial charge in [0.1, 0.15) is 23.7 Å². The van der Waals surface area contributed by atoms with Gasteiger partial charge in [0.15, 0.2) is 0 Å². The smallest absolute Gasteiger partial charge is 0.260 e. The Morgan fingerprint density at radius 2 is 1.51 bits per heavy atom. The summed E-state index contributed by atoms with van der Waals surface area (Å²) in [6, 6.07) is 16.3. The Bertz CT molecular complexity index is 1690. The van der Waals surface area contributed by atoms with E-state index in [1.165, 1.54) is 6.07 Å². The Morgan fingerprint density at radius 1 is 0.816 bits per heavy atom. The molecule has 0 fully saturated rings. The van der Waals surface area contributed by atoms with Crippen molar-refractivity contribution in [2.45, 2.75) is 78.0 Å².